The van der Waals surface area contributed by atoms with E-state index in [2.05, 4.69) is 0 Å². The Morgan fingerprint density at radius 3 is 2.41 bits per heavy atom. The summed E-state index contributed by atoms with van der Waals surface area (Å²) >= 11 is 0. The summed E-state index contributed by atoms with van der Waals surface area (Å²) in [6, 6.07) is 0. The average Bonchev–Trinajstić information content (AvgIpc) is 2.79. The van der Waals surface area contributed by atoms with Gasteiger partial charge in [0.1, 0.15) is 5.60 Å². The van der Waals surface area contributed by atoms with Gasteiger partial charge in [-0.25, -0.2) is 9.59 Å². The van der Waals surface area contributed by atoms with Gasteiger partial charge < -0.3 is 14.2 Å². The maximum Gasteiger partial charge on any atom is 0.411 e. The van der Waals surface area contributed by atoms with E-state index in [0.29, 0.717) is 13.0 Å². The van der Waals surface area contributed by atoms with E-state index in [1.807, 2.05) is 13.8 Å². The predicted octanol–water partition coefficient (Wildman–Crippen LogP) is 2.74. The number of likely N-dealkylation sites (tertiary alicyclic amines) is 1. The molecule has 0 saturated carbocycles. The lowest BCUT2D eigenvalue weighted by Crippen LogP contribution is -2.58. The van der Waals surface area contributed by atoms with Gasteiger partial charge in [-0.2, -0.15) is 0 Å². The third kappa shape index (κ3) is 4.60. The third-order valence-electron chi connectivity index (χ3n) is 3.41. The summed E-state index contributed by atoms with van der Waals surface area (Å²) < 4.78 is 16.3. The van der Waals surface area contributed by atoms with Crippen LogP contribution >= 0.6 is 0 Å². The molecule has 0 radical (unpaired) electrons. The van der Waals surface area contributed by atoms with Gasteiger partial charge in [0, 0.05) is 6.54 Å². The number of rotatable bonds is 5. The second-order valence-electron chi connectivity index (χ2n) is 6.85. The Hall–Kier alpha value is -1.30. The minimum atomic E-state index is -1.08. The summed E-state index contributed by atoms with van der Waals surface area (Å²) in [5, 5.41) is 0. The van der Waals surface area contributed by atoms with Crippen LogP contribution in [0.25, 0.3) is 0 Å². The molecule has 6 heteroatoms. The van der Waals surface area contributed by atoms with Crippen molar-refractivity contribution in [1.82, 2.24) is 4.90 Å². The van der Waals surface area contributed by atoms with Crippen LogP contribution in [-0.4, -0.2) is 54.0 Å². The van der Waals surface area contributed by atoms with E-state index in [-0.39, 0.29) is 19.3 Å². The molecule has 1 heterocycles. The van der Waals surface area contributed by atoms with Crippen molar-refractivity contribution in [2.75, 3.05) is 19.8 Å². The highest BCUT2D eigenvalue weighted by Crippen LogP contribution is 2.33. The van der Waals surface area contributed by atoms with Crippen molar-refractivity contribution in [3.8, 4) is 0 Å². The molecule has 1 rings (SSSR count). The summed E-state index contributed by atoms with van der Waals surface area (Å²) in [6.07, 6.45) is 0.718. The minimum absolute atomic E-state index is 0.0348. The summed E-state index contributed by atoms with van der Waals surface area (Å²) in [5.41, 5.74) is -1.69. The third-order valence-corrected chi connectivity index (χ3v) is 3.41. The molecule has 1 amide bonds. The summed E-state index contributed by atoms with van der Waals surface area (Å²) in [6.45, 7) is 11.8. The zero-order valence-electron chi connectivity index (χ0n) is 14.6. The van der Waals surface area contributed by atoms with Crippen molar-refractivity contribution in [1.29, 1.82) is 0 Å². The largest absolute Gasteiger partial charge is 0.464 e. The smallest absolute Gasteiger partial charge is 0.411 e. The molecule has 0 bridgehead atoms. The van der Waals surface area contributed by atoms with Crippen molar-refractivity contribution < 1.29 is 23.8 Å². The van der Waals surface area contributed by atoms with Gasteiger partial charge in [-0.1, -0.05) is 0 Å². The zero-order valence-corrected chi connectivity index (χ0v) is 14.6. The molecule has 128 valence electrons. The van der Waals surface area contributed by atoms with E-state index >= 15 is 0 Å². The Labute approximate surface area is 133 Å². The fourth-order valence-electron chi connectivity index (χ4n) is 2.45. The molecule has 22 heavy (non-hydrogen) atoms. The van der Waals surface area contributed by atoms with Crippen molar-refractivity contribution >= 4 is 12.1 Å². The lowest BCUT2D eigenvalue weighted by Gasteiger charge is -2.37. The molecule has 6 nitrogen and oxygen atoms in total. The first-order valence-corrected chi connectivity index (χ1v) is 7.92. The molecule has 0 spiro atoms. The van der Waals surface area contributed by atoms with Crippen LogP contribution in [0.1, 0.15) is 54.4 Å². The summed E-state index contributed by atoms with van der Waals surface area (Å²) in [7, 11) is 0. The molecule has 1 saturated heterocycles. The molecule has 0 aliphatic carbocycles. The molecule has 1 fully saturated rings. The SMILES string of the molecule is CCOC(=O)C1(COC(C)C)CCCN1C(=O)OC(C)(C)C. The maximum absolute atomic E-state index is 12.5. The first-order valence-electron chi connectivity index (χ1n) is 7.92. The number of nitrogens with zero attached hydrogens (tertiary/aromatic N) is 1. The summed E-state index contributed by atoms with van der Waals surface area (Å²) in [4.78, 5) is 26.4. The van der Waals surface area contributed by atoms with Crippen LogP contribution in [0.3, 0.4) is 0 Å². The Morgan fingerprint density at radius 2 is 1.91 bits per heavy atom. The quantitative estimate of drug-likeness (QED) is 0.730. The van der Waals surface area contributed by atoms with E-state index in [9.17, 15) is 9.59 Å². The fourth-order valence-corrected chi connectivity index (χ4v) is 2.45. The van der Waals surface area contributed by atoms with Crippen molar-refractivity contribution in [2.45, 2.75) is 71.6 Å². The number of hydrogen-bond donors (Lipinski definition) is 0. The van der Waals surface area contributed by atoms with Gasteiger partial charge in [-0.3, -0.25) is 4.90 Å². The number of amides is 1. The van der Waals surface area contributed by atoms with Crippen molar-refractivity contribution in [3.05, 3.63) is 0 Å². The molecular weight excluding hydrogens is 286 g/mol. The van der Waals surface area contributed by atoms with Crippen molar-refractivity contribution in [3.63, 3.8) is 0 Å². The number of carbonyl (C=O) groups excluding carboxylic acids is 2. The highest BCUT2D eigenvalue weighted by Gasteiger charge is 2.52. The molecule has 1 atom stereocenters. The monoisotopic (exact) mass is 315 g/mol. The Balaban J connectivity index is 3.00. The maximum atomic E-state index is 12.5. The lowest BCUT2D eigenvalue weighted by atomic mass is 9.97. The van der Waals surface area contributed by atoms with Gasteiger partial charge in [0.15, 0.2) is 5.54 Å². The molecule has 0 aromatic heterocycles. The van der Waals surface area contributed by atoms with E-state index in [4.69, 9.17) is 14.2 Å². The Morgan fingerprint density at radius 1 is 1.27 bits per heavy atom. The van der Waals surface area contributed by atoms with Crippen LogP contribution < -0.4 is 0 Å². The number of esters is 1. The van der Waals surface area contributed by atoms with E-state index < -0.39 is 23.2 Å². The van der Waals surface area contributed by atoms with Gasteiger partial charge in [-0.15, -0.1) is 0 Å². The normalized spacial score (nSPS) is 22.0. The second-order valence-corrected chi connectivity index (χ2v) is 6.85. The molecule has 0 aromatic carbocycles. The van der Waals surface area contributed by atoms with Gasteiger partial charge in [0.05, 0.1) is 19.3 Å². The molecule has 0 N–H and O–H groups in total. The first-order chi connectivity index (χ1) is 10.1. The fraction of sp³-hybridized carbons (Fsp3) is 0.875. The first kappa shape index (κ1) is 18.7. The average molecular weight is 315 g/mol. The zero-order chi connectivity index (χ0) is 17.0. The van der Waals surface area contributed by atoms with Crippen LogP contribution in [0.4, 0.5) is 4.79 Å². The molecule has 0 aromatic rings. The van der Waals surface area contributed by atoms with Crippen LogP contribution in [0, 0.1) is 0 Å². The van der Waals surface area contributed by atoms with Gasteiger partial charge >= 0.3 is 12.1 Å². The van der Waals surface area contributed by atoms with Crippen LogP contribution in [-0.2, 0) is 19.0 Å². The molecule has 1 aliphatic heterocycles. The van der Waals surface area contributed by atoms with E-state index in [1.165, 1.54) is 4.90 Å². The molecule has 1 aliphatic rings. The lowest BCUT2D eigenvalue weighted by molar-refractivity contribution is -0.161. The van der Waals surface area contributed by atoms with E-state index in [1.54, 1.807) is 27.7 Å². The number of hydrogen-bond acceptors (Lipinski definition) is 5. The standard InChI is InChI=1S/C16H29NO5/c1-7-20-13(18)16(11-21-12(2)3)9-8-10-17(16)14(19)22-15(4,5)6/h12H,7-11H2,1-6H3. The Kier molecular flexibility index (Phi) is 6.23. The number of carbonyl (C=O) groups is 2. The molecule has 1 unspecified atom stereocenters. The summed E-state index contributed by atoms with van der Waals surface area (Å²) in [5.74, 6) is -0.418. The highest BCUT2D eigenvalue weighted by atomic mass is 16.6. The molecular formula is C16H29NO5. The van der Waals surface area contributed by atoms with Crippen LogP contribution in [0.5, 0.6) is 0 Å². The predicted molar refractivity (Wildman–Crippen MR) is 82.6 cm³/mol. The highest BCUT2D eigenvalue weighted by molar-refractivity contribution is 5.87. The van der Waals surface area contributed by atoms with Crippen LogP contribution in [0.2, 0.25) is 0 Å². The van der Waals surface area contributed by atoms with Gasteiger partial charge in [0.2, 0.25) is 0 Å². The topological polar surface area (TPSA) is 65.1 Å². The second kappa shape index (κ2) is 7.31. The number of ether oxygens (including phenoxy) is 3. The van der Waals surface area contributed by atoms with Gasteiger partial charge in [-0.05, 0) is 54.4 Å². The Bertz CT molecular complexity index is 402. The van der Waals surface area contributed by atoms with Gasteiger partial charge in [0.25, 0.3) is 0 Å². The minimum Gasteiger partial charge on any atom is -0.464 e. The van der Waals surface area contributed by atoms with E-state index in [0.717, 1.165) is 6.42 Å². The van der Waals surface area contributed by atoms with Crippen LogP contribution in [0.15, 0.2) is 0 Å². The van der Waals surface area contributed by atoms with Crippen molar-refractivity contribution in [2.24, 2.45) is 0 Å².